The largest absolute Gasteiger partial charge is 0.497 e. The molecule has 3 N–H and O–H groups in total. The molecule has 0 spiro atoms. The van der Waals surface area contributed by atoms with Crippen LogP contribution in [0.5, 0.6) is 5.75 Å². The molecule has 1 atom stereocenters. The summed E-state index contributed by atoms with van der Waals surface area (Å²) in [5.41, 5.74) is 6.75. The number of guanidine groups is 1. The minimum atomic E-state index is 0. The van der Waals surface area contributed by atoms with Crippen LogP contribution in [0.25, 0.3) is 0 Å². The highest BCUT2D eigenvalue weighted by Crippen LogP contribution is 2.16. The normalized spacial score (nSPS) is 12.7. The molecule has 5 nitrogen and oxygen atoms in total. The van der Waals surface area contributed by atoms with Crippen LogP contribution in [0.3, 0.4) is 0 Å². The number of rotatable bonds is 8. The summed E-state index contributed by atoms with van der Waals surface area (Å²) in [7, 11) is 1.64. The van der Waals surface area contributed by atoms with Crippen molar-refractivity contribution in [3.8, 4) is 5.75 Å². The first-order chi connectivity index (χ1) is 10.1. The predicted octanol–water partition coefficient (Wildman–Crippen LogP) is 3.49. The van der Waals surface area contributed by atoms with Gasteiger partial charge in [0.05, 0.1) is 13.2 Å². The number of hydrogen-bond acceptors (Lipinski definition) is 3. The van der Waals surface area contributed by atoms with Crippen molar-refractivity contribution in [1.29, 1.82) is 0 Å². The van der Waals surface area contributed by atoms with Crippen molar-refractivity contribution in [3.63, 3.8) is 0 Å². The first kappa shape index (κ1) is 21.0. The minimum absolute atomic E-state index is 0. The Kier molecular flexibility index (Phi) is 11.0. The number of nitrogens with zero attached hydrogens (tertiary/aromatic N) is 1. The molecule has 126 valence electrons. The zero-order chi connectivity index (χ0) is 15.7. The molecule has 1 aromatic rings. The maximum Gasteiger partial charge on any atom is 0.193 e. The molecule has 22 heavy (non-hydrogen) atoms. The Morgan fingerprint density at radius 2 is 2.09 bits per heavy atom. The van der Waals surface area contributed by atoms with E-state index in [9.17, 15) is 0 Å². The molecule has 1 aromatic carbocycles. The first-order valence-corrected chi connectivity index (χ1v) is 7.39. The van der Waals surface area contributed by atoms with E-state index in [1.807, 2.05) is 31.2 Å². The zero-order valence-corrected chi connectivity index (χ0v) is 16.2. The molecule has 0 radical (unpaired) electrons. The molecule has 1 rings (SSSR count). The lowest BCUT2D eigenvalue weighted by molar-refractivity contribution is 0.0266. The van der Waals surface area contributed by atoms with Crippen molar-refractivity contribution in [2.24, 2.45) is 16.6 Å². The number of ether oxygens (including phenoxy) is 2. The van der Waals surface area contributed by atoms with Crippen molar-refractivity contribution in [2.75, 3.05) is 25.6 Å². The van der Waals surface area contributed by atoms with Gasteiger partial charge in [-0.15, -0.1) is 24.0 Å². The SMILES string of the molecule is CCOC(CCN=C(N)Nc1cccc(OC)c1)C(C)C.I. The summed E-state index contributed by atoms with van der Waals surface area (Å²) in [5.74, 6) is 1.67. The van der Waals surface area contributed by atoms with Crippen LogP contribution >= 0.6 is 24.0 Å². The number of aliphatic imine (C=N–C) groups is 1. The number of anilines is 1. The third-order valence-corrected chi connectivity index (χ3v) is 3.16. The van der Waals surface area contributed by atoms with Gasteiger partial charge in [-0.05, 0) is 31.4 Å². The van der Waals surface area contributed by atoms with Gasteiger partial charge in [0.2, 0.25) is 0 Å². The summed E-state index contributed by atoms with van der Waals surface area (Å²) in [5, 5.41) is 3.06. The molecule has 1 unspecified atom stereocenters. The van der Waals surface area contributed by atoms with Crippen LogP contribution in [0.15, 0.2) is 29.3 Å². The smallest absolute Gasteiger partial charge is 0.193 e. The fourth-order valence-electron chi connectivity index (χ4n) is 2.02. The van der Waals surface area contributed by atoms with E-state index in [-0.39, 0.29) is 30.1 Å². The van der Waals surface area contributed by atoms with Gasteiger partial charge in [0.15, 0.2) is 5.96 Å². The number of nitrogens with one attached hydrogen (secondary N) is 1. The van der Waals surface area contributed by atoms with Gasteiger partial charge < -0.3 is 20.5 Å². The van der Waals surface area contributed by atoms with Crippen LogP contribution in [0, 0.1) is 5.92 Å². The molecule has 0 aliphatic heterocycles. The van der Waals surface area contributed by atoms with E-state index < -0.39 is 0 Å². The second-order valence-electron chi connectivity index (χ2n) is 5.15. The summed E-state index contributed by atoms with van der Waals surface area (Å²) in [6.45, 7) is 7.69. The standard InChI is InChI=1S/C16H27N3O2.HI/c1-5-21-15(12(2)3)9-10-18-16(17)19-13-7-6-8-14(11-13)20-4;/h6-8,11-12,15H,5,9-10H2,1-4H3,(H3,17,18,19);1H. The quantitative estimate of drug-likeness (QED) is 0.383. The highest BCUT2D eigenvalue weighted by Gasteiger charge is 2.12. The summed E-state index contributed by atoms with van der Waals surface area (Å²) in [6, 6.07) is 7.58. The summed E-state index contributed by atoms with van der Waals surface area (Å²) >= 11 is 0. The second-order valence-corrected chi connectivity index (χ2v) is 5.15. The third kappa shape index (κ3) is 7.84. The van der Waals surface area contributed by atoms with Crippen LogP contribution in [0.1, 0.15) is 27.2 Å². The van der Waals surface area contributed by atoms with Gasteiger partial charge >= 0.3 is 0 Å². The number of benzene rings is 1. The molecule has 0 fully saturated rings. The molecule has 0 amide bonds. The number of methoxy groups -OCH3 is 1. The molecular formula is C16H28IN3O2. The van der Waals surface area contributed by atoms with E-state index in [4.69, 9.17) is 15.2 Å². The number of hydrogen-bond donors (Lipinski definition) is 2. The monoisotopic (exact) mass is 421 g/mol. The van der Waals surface area contributed by atoms with E-state index >= 15 is 0 Å². The second kappa shape index (κ2) is 11.5. The van der Waals surface area contributed by atoms with Gasteiger partial charge in [0.25, 0.3) is 0 Å². The van der Waals surface area contributed by atoms with Crippen LogP contribution in [-0.2, 0) is 4.74 Å². The Morgan fingerprint density at radius 1 is 1.36 bits per heavy atom. The maximum atomic E-state index is 5.89. The average Bonchev–Trinajstić information content (AvgIpc) is 2.46. The summed E-state index contributed by atoms with van der Waals surface area (Å²) in [4.78, 5) is 4.34. The van der Waals surface area contributed by atoms with Crippen LogP contribution in [0.4, 0.5) is 5.69 Å². The van der Waals surface area contributed by atoms with Crippen LogP contribution in [0.2, 0.25) is 0 Å². The zero-order valence-electron chi connectivity index (χ0n) is 13.8. The molecule has 0 aliphatic carbocycles. The lowest BCUT2D eigenvalue weighted by Gasteiger charge is -2.19. The van der Waals surface area contributed by atoms with E-state index in [0.717, 1.165) is 24.5 Å². The molecule has 0 bridgehead atoms. The van der Waals surface area contributed by atoms with Crippen molar-refractivity contribution >= 4 is 35.6 Å². The van der Waals surface area contributed by atoms with Crippen molar-refractivity contribution in [1.82, 2.24) is 0 Å². The highest BCUT2D eigenvalue weighted by atomic mass is 127. The Balaban J connectivity index is 0.00000441. The van der Waals surface area contributed by atoms with E-state index in [0.29, 0.717) is 18.4 Å². The highest BCUT2D eigenvalue weighted by molar-refractivity contribution is 14.0. The molecule has 0 aliphatic rings. The van der Waals surface area contributed by atoms with Gasteiger partial charge in [-0.25, -0.2) is 0 Å². The van der Waals surface area contributed by atoms with E-state index in [1.54, 1.807) is 7.11 Å². The van der Waals surface area contributed by atoms with Gasteiger partial charge in [0.1, 0.15) is 5.75 Å². The number of nitrogens with two attached hydrogens (primary N) is 1. The predicted molar refractivity (Wildman–Crippen MR) is 103 cm³/mol. The molecule has 0 saturated heterocycles. The third-order valence-electron chi connectivity index (χ3n) is 3.16. The lowest BCUT2D eigenvalue weighted by atomic mass is 10.0. The minimum Gasteiger partial charge on any atom is -0.497 e. The Labute approximate surface area is 150 Å². The van der Waals surface area contributed by atoms with Gasteiger partial charge in [0, 0.05) is 24.9 Å². The lowest BCUT2D eigenvalue weighted by Crippen LogP contribution is -2.25. The van der Waals surface area contributed by atoms with Crippen molar-refractivity contribution in [3.05, 3.63) is 24.3 Å². The summed E-state index contributed by atoms with van der Waals surface area (Å²) in [6.07, 6.45) is 1.09. The fourth-order valence-corrected chi connectivity index (χ4v) is 2.02. The molecule has 6 heteroatoms. The van der Waals surface area contributed by atoms with Crippen molar-refractivity contribution in [2.45, 2.75) is 33.3 Å². The van der Waals surface area contributed by atoms with E-state index in [2.05, 4.69) is 24.2 Å². The van der Waals surface area contributed by atoms with Crippen LogP contribution < -0.4 is 15.8 Å². The van der Waals surface area contributed by atoms with Gasteiger partial charge in [-0.2, -0.15) is 0 Å². The maximum absolute atomic E-state index is 5.89. The Bertz CT molecular complexity index is 453. The Hall–Kier alpha value is -1.02. The molecular weight excluding hydrogens is 393 g/mol. The fraction of sp³-hybridized carbons (Fsp3) is 0.562. The average molecular weight is 421 g/mol. The van der Waals surface area contributed by atoms with E-state index in [1.165, 1.54) is 0 Å². The molecule has 0 heterocycles. The Morgan fingerprint density at radius 3 is 2.68 bits per heavy atom. The first-order valence-electron chi connectivity index (χ1n) is 7.39. The van der Waals surface area contributed by atoms with Gasteiger partial charge in [-0.3, -0.25) is 4.99 Å². The molecule has 0 saturated carbocycles. The molecule has 0 aromatic heterocycles. The topological polar surface area (TPSA) is 68.9 Å². The van der Waals surface area contributed by atoms with Crippen LogP contribution in [-0.4, -0.2) is 32.3 Å². The number of halogens is 1. The summed E-state index contributed by atoms with van der Waals surface area (Å²) < 4.78 is 10.9. The van der Waals surface area contributed by atoms with Crippen molar-refractivity contribution < 1.29 is 9.47 Å². The van der Waals surface area contributed by atoms with Gasteiger partial charge in [-0.1, -0.05) is 19.9 Å².